The van der Waals surface area contributed by atoms with Gasteiger partial charge in [-0.05, 0) is 42.3 Å². The standard InChI is InChI=1S/C21H25N3O5S/c1-5-6-20-22-21(29-23-20)18-13-17(11-12-19(18)28-4)30(25,26)24(2)14-15-7-9-16(27-3)10-8-15/h7-13H,5-6,14H2,1-4H3. The molecule has 0 radical (unpaired) electrons. The number of hydrogen-bond donors (Lipinski definition) is 0. The molecule has 9 heteroatoms. The van der Waals surface area contributed by atoms with Crippen LogP contribution in [0.3, 0.4) is 0 Å². The second-order valence-electron chi connectivity index (χ2n) is 6.74. The maximum atomic E-state index is 13.1. The van der Waals surface area contributed by atoms with Crippen LogP contribution in [-0.2, 0) is 23.0 Å². The molecule has 2 aromatic carbocycles. The van der Waals surface area contributed by atoms with E-state index >= 15 is 0 Å². The van der Waals surface area contributed by atoms with E-state index in [1.807, 2.05) is 19.1 Å². The van der Waals surface area contributed by atoms with E-state index in [0.29, 0.717) is 29.3 Å². The predicted molar refractivity (Wildman–Crippen MR) is 112 cm³/mol. The first kappa shape index (κ1) is 21.8. The molecular formula is C21H25N3O5S. The third kappa shape index (κ3) is 4.63. The Hall–Kier alpha value is -2.91. The van der Waals surface area contributed by atoms with E-state index < -0.39 is 10.0 Å². The Labute approximate surface area is 176 Å². The number of hydrogen-bond acceptors (Lipinski definition) is 7. The minimum Gasteiger partial charge on any atom is -0.497 e. The highest BCUT2D eigenvalue weighted by atomic mass is 32.2. The van der Waals surface area contributed by atoms with Crippen molar-refractivity contribution in [2.75, 3.05) is 21.3 Å². The molecule has 0 unspecified atom stereocenters. The van der Waals surface area contributed by atoms with Crippen molar-refractivity contribution in [2.45, 2.75) is 31.2 Å². The lowest BCUT2D eigenvalue weighted by atomic mass is 10.2. The summed E-state index contributed by atoms with van der Waals surface area (Å²) in [6.45, 7) is 2.23. The lowest BCUT2D eigenvalue weighted by Crippen LogP contribution is -2.26. The number of ether oxygens (including phenoxy) is 2. The lowest BCUT2D eigenvalue weighted by Gasteiger charge is -2.18. The first-order valence-corrected chi connectivity index (χ1v) is 10.9. The largest absolute Gasteiger partial charge is 0.497 e. The van der Waals surface area contributed by atoms with Crippen molar-refractivity contribution < 1.29 is 22.4 Å². The Morgan fingerprint density at radius 2 is 1.80 bits per heavy atom. The monoisotopic (exact) mass is 431 g/mol. The second kappa shape index (κ2) is 9.27. The van der Waals surface area contributed by atoms with Gasteiger partial charge in [0.25, 0.3) is 5.89 Å². The van der Waals surface area contributed by atoms with Crippen LogP contribution in [0.15, 0.2) is 51.9 Å². The van der Waals surface area contributed by atoms with E-state index in [0.717, 1.165) is 12.0 Å². The Balaban J connectivity index is 1.90. The SMILES string of the molecule is CCCc1noc(-c2cc(S(=O)(=O)N(C)Cc3ccc(OC)cc3)ccc2OC)n1. The molecule has 3 rings (SSSR count). The highest BCUT2D eigenvalue weighted by Gasteiger charge is 2.24. The van der Waals surface area contributed by atoms with Crippen molar-refractivity contribution in [1.82, 2.24) is 14.4 Å². The Bertz CT molecular complexity index is 1090. The molecule has 0 atom stereocenters. The zero-order valence-electron chi connectivity index (χ0n) is 17.5. The first-order valence-electron chi connectivity index (χ1n) is 9.49. The van der Waals surface area contributed by atoms with Gasteiger partial charge in [0, 0.05) is 20.0 Å². The molecular weight excluding hydrogens is 406 g/mol. The first-order chi connectivity index (χ1) is 14.4. The summed E-state index contributed by atoms with van der Waals surface area (Å²) in [7, 11) is 0.873. The molecule has 0 N–H and O–H groups in total. The minimum absolute atomic E-state index is 0.115. The fraction of sp³-hybridized carbons (Fsp3) is 0.333. The molecule has 0 saturated carbocycles. The molecule has 0 amide bonds. The number of methoxy groups -OCH3 is 2. The smallest absolute Gasteiger partial charge is 0.261 e. The van der Waals surface area contributed by atoms with Crippen LogP contribution in [0.4, 0.5) is 0 Å². The second-order valence-corrected chi connectivity index (χ2v) is 8.78. The Morgan fingerprint density at radius 3 is 2.43 bits per heavy atom. The molecule has 3 aromatic rings. The van der Waals surface area contributed by atoms with E-state index in [1.54, 1.807) is 25.3 Å². The maximum absolute atomic E-state index is 13.1. The zero-order chi connectivity index (χ0) is 21.7. The average Bonchev–Trinajstić information content (AvgIpc) is 3.22. The Morgan fingerprint density at radius 1 is 1.07 bits per heavy atom. The van der Waals surface area contributed by atoms with Crippen LogP contribution in [0.5, 0.6) is 11.5 Å². The number of rotatable bonds is 9. The molecule has 0 aliphatic rings. The molecule has 0 aliphatic heterocycles. The summed E-state index contributed by atoms with van der Waals surface area (Å²) in [5.74, 6) is 1.97. The molecule has 1 heterocycles. The average molecular weight is 432 g/mol. The number of aromatic nitrogens is 2. The summed E-state index contributed by atoms with van der Waals surface area (Å²) in [6.07, 6.45) is 1.55. The van der Waals surface area contributed by atoms with Crippen molar-refractivity contribution in [2.24, 2.45) is 0 Å². The van der Waals surface area contributed by atoms with Crippen molar-refractivity contribution in [3.05, 3.63) is 53.9 Å². The summed E-state index contributed by atoms with van der Waals surface area (Å²) in [6, 6.07) is 11.9. The van der Waals surface area contributed by atoms with Gasteiger partial charge in [0.15, 0.2) is 5.82 Å². The molecule has 0 aliphatic carbocycles. The van der Waals surface area contributed by atoms with Crippen molar-refractivity contribution in [1.29, 1.82) is 0 Å². The normalized spacial score (nSPS) is 11.6. The lowest BCUT2D eigenvalue weighted by molar-refractivity contribution is 0.402. The molecule has 0 bridgehead atoms. The molecule has 160 valence electrons. The van der Waals surface area contributed by atoms with Gasteiger partial charge in [-0.15, -0.1) is 0 Å². The van der Waals surface area contributed by atoms with E-state index in [4.69, 9.17) is 14.0 Å². The van der Waals surface area contributed by atoms with E-state index in [1.165, 1.54) is 30.6 Å². The highest BCUT2D eigenvalue weighted by molar-refractivity contribution is 7.89. The quantitative estimate of drug-likeness (QED) is 0.511. The number of aryl methyl sites for hydroxylation is 1. The highest BCUT2D eigenvalue weighted by Crippen LogP contribution is 2.32. The number of nitrogens with zero attached hydrogens (tertiary/aromatic N) is 3. The topological polar surface area (TPSA) is 94.8 Å². The molecule has 0 spiro atoms. The van der Waals surface area contributed by atoms with Crippen LogP contribution in [0.1, 0.15) is 24.7 Å². The van der Waals surface area contributed by atoms with Crippen LogP contribution in [-0.4, -0.2) is 44.1 Å². The van der Waals surface area contributed by atoms with Crippen LogP contribution in [0.25, 0.3) is 11.5 Å². The van der Waals surface area contributed by atoms with Gasteiger partial charge in [0.2, 0.25) is 10.0 Å². The van der Waals surface area contributed by atoms with Gasteiger partial charge in [-0.25, -0.2) is 8.42 Å². The third-order valence-electron chi connectivity index (χ3n) is 4.62. The van der Waals surface area contributed by atoms with Crippen molar-refractivity contribution in [3.8, 4) is 23.0 Å². The fourth-order valence-electron chi connectivity index (χ4n) is 2.96. The van der Waals surface area contributed by atoms with Crippen LogP contribution < -0.4 is 9.47 Å². The summed E-state index contributed by atoms with van der Waals surface area (Å²) in [5.41, 5.74) is 1.28. The van der Waals surface area contributed by atoms with Crippen LogP contribution in [0, 0.1) is 0 Å². The summed E-state index contributed by atoms with van der Waals surface area (Å²) < 4.78 is 43.4. The van der Waals surface area contributed by atoms with Crippen LogP contribution in [0.2, 0.25) is 0 Å². The van der Waals surface area contributed by atoms with Gasteiger partial charge in [-0.3, -0.25) is 0 Å². The van der Waals surface area contributed by atoms with E-state index in [2.05, 4.69) is 10.1 Å². The summed E-state index contributed by atoms with van der Waals surface area (Å²) in [5, 5.41) is 3.94. The Kier molecular flexibility index (Phi) is 6.73. The van der Waals surface area contributed by atoms with Gasteiger partial charge in [0.1, 0.15) is 11.5 Å². The molecule has 8 nitrogen and oxygen atoms in total. The van der Waals surface area contributed by atoms with E-state index in [-0.39, 0.29) is 17.3 Å². The number of sulfonamides is 1. The van der Waals surface area contributed by atoms with E-state index in [9.17, 15) is 8.42 Å². The molecule has 1 aromatic heterocycles. The van der Waals surface area contributed by atoms with Gasteiger partial charge in [-0.1, -0.05) is 24.2 Å². The van der Waals surface area contributed by atoms with Crippen molar-refractivity contribution >= 4 is 10.0 Å². The molecule has 0 fully saturated rings. The van der Waals surface area contributed by atoms with Gasteiger partial charge in [0.05, 0.1) is 24.7 Å². The summed E-state index contributed by atoms with van der Waals surface area (Å²) in [4.78, 5) is 4.47. The van der Waals surface area contributed by atoms with Gasteiger partial charge < -0.3 is 14.0 Å². The van der Waals surface area contributed by atoms with Crippen LogP contribution >= 0.6 is 0 Å². The number of benzene rings is 2. The maximum Gasteiger partial charge on any atom is 0.261 e. The molecule has 30 heavy (non-hydrogen) atoms. The predicted octanol–water partition coefficient (Wildman–Crippen LogP) is 3.53. The zero-order valence-corrected chi connectivity index (χ0v) is 18.3. The fourth-order valence-corrected chi connectivity index (χ4v) is 4.14. The van der Waals surface area contributed by atoms with Crippen molar-refractivity contribution in [3.63, 3.8) is 0 Å². The van der Waals surface area contributed by atoms with Gasteiger partial charge >= 0.3 is 0 Å². The summed E-state index contributed by atoms with van der Waals surface area (Å²) >= 11 is 0. The third-order valence-corrected chi connectivity index (χ3v) is 6.41. The van der Waals surface area contributed by atoms with Gasteiger partial charge in [-0.2, -0.15) is 9.29 Å². The molecule has 0 saturated heterocycles. The minimum atomic E-state index is -3.76.